The van der Waals surface area contributed by atoms with Crippen LogP contribution in [0.4, 0.5) is 5.69 Å². The molecule has 0 amide bonds. The number of ether oxygens (including phenoxy) is 1. The van der Waals surface area contributed by atoms with Crippen molar-refractivity contribution in [2.75, 3.05) is 38.2 Å². The number of aryl methyl sites for hydroxylation is 1. The Balaban J connectivity index is 1.36. The fourth-order valence-electron chi connectivity index (χ4n) is 3.83. The summed E-state index contributed by atoms with van der Waals surface area (Å²) in [6.45, 7) is 9.96. The third-order valence-electron chi connectivity index (χ3n) is 5.71. The Morgan fingerprint density at radius 1 is 1.07 bits per heavy atom. The molecule has 146 valence electrons. The largest absolute Gasteiger partial charge is 0.497 e. The second kappa shape index (κ2) is 8.33. The second-order valence-corrected chi connectivity index (χ2v) is 8.36. The Morgan fingerprint density at radius 2 is 1.82 bits per heavy atom. The van der Waals surface area contributed by atoms with Gasteiger partial charge in [0.2, 0.25) is 0 Å². The molecular weight excluding hydrogens is 366 g/mol. The Labute approximate surface area is 171 Å². The molecule has 2 heterocycles. The number of hydrogen-bond donors (Lipinski definition) is 1. The number of anilines is 1. The van der Waals surface area contributed by atoms with Crippen LogP contribution in [0.1, 0.15) is 16.8 Å². The van der Waals surface area contributed by atoms with Crippen molar-refractivity contribution in [1.82, 2.24) is 4.98 Å². The van der Waals surface area contributed by atoms with E-state index < -0.39 is 0 Å². The molecule has 1 saturated heterocycles. The number of thiazole rings is 1. The van der Waals surface area contributed by atoms with Crippen molar-refractivity contribution >= 4 is 17.0 Å². The van der Waals surface area contributed by atoms with Gasteiger partial charge in [-0.2, -0.15) is 0 Å². The van der Waals surface area contributed by atoms with E-state index >= 15 is 0 Å². The van der Waals surface area contributed by atoms with Gasteiger partial charge in [-0.05, 0) is 55.3 Å². The van der Waals surface area contributed by atoms with Crippen molar-refractivity contribution in [2.24, 2.45) is 0 Å². The van der Waals surface area contributed by atoms with E-state index in [1.165, 1.54) is 22.5 Å². The zero-order chi connectivity index (χ0) is 19.5. The monoisotopic (exact) mass is 394 g/mol. The summed E-state index contributed by atoms with van der Waals surface area (Å²) >= 11 is 1.73. The molecule has 1 fully saturated rings. The van der Waals surface area contributed by atoms with Gasteiger partial charge in [0.25, 0.3) is 0 Å². The van der Waals surface area contributed by atoms with Crippen LogP contribution in [0.15, 0.2) is 47.8 Å². The zero-order valence-electron chi connectivity index (χ0n) is 16.9. The van der Waals surface area contributed by atoms with Gasteiger partial charge in [0.05, 0.1) is 33.3 Å². The molecule has 0 aliphatic carbocycles. The molecule has 4 nitrogen and oxygen atoms in total. The number of benzene rings is 2. The molecule has 1 N–H and O–H groups in total. The normalized spacial score (nSPS) is 15.0. The summed E-state index contributed by atoms with van der Waals surface area (Å²) in [5.41, 5.74) is 6.54. The van der Waals surface area contributed by atoms with Crippen molar-refractivity contribution in [2.45, 2.75) is 20.4 Å². The van der Waals surface area contributed by atoms with Crippen LogP contribution >= 0.6 is 11.3 Å². The predicted octanol–water partition coefficient (Wildman–Crippen LogP) is 3.34. The van der Waals surface area contributed by atoms with Crippen molar-refractivity contribution in [3.8, 4) is 16.3 Å². The highest BCUT2D eigenvalue weighted by Crippen LogP contribution is 2.26. The fraction of sp³-hybridized carbons (Fsp3) is 0.348. The Hall–Kier alpha value is -2.37. The number of nitrogens with zero attached hydrogens (tertiary/aromatic N) is 2. The van der Waals surface area contributed by atoms with Gasteiger partial charge in [0.15, 0.2) is 0 Å². The topological polar surface area (TPSA) is 29.8 Å². The van der Waals surface area contributed by atoms with Gasteiger partial charge in [-0.1, -0.05) is 12.1 Å². The van der Waals surface area contributed by atoms with E-state index in [-0.39, 0.29) is 0 Å². The van der Waals surface area contributed by atoms with E-state index in [9.17, 15) is 0 Å². The molecule has 0 atom stereocenters. The smallest absolute Gasteiger partial charge is 0.123 e. The molecule has 0 spiro atoms. The van der Waals surface area contributed by atoms with Gasteiger partial charge in [0, 0.05) is 16.6 Å². The molecule has 0 unspecified atom stereocenters. The summed E-state index contributed by atoms with van der Waals surface area (Å²) < 4.78 is 5.24. The summed E-state index contributed by atoms with van der Waals surface area (Å²) in [6, 6.07) is 14.8. The summed E-state index contributed by atoms with van der Waals surface area (Å²) in [5, 5.41) is 3.30. The molecule has 4 rings (SSSR count). The van der Waals surface area contributed by atoms with Crippen molar-refractivity contribution < 1.29 is 9.64 Å². The van der Waals surface area contributed by atoms with Gasteiger partial charge in [-0.15, -0.1) is 11.3 Å². The van der Waals surface area contributed by atoms with Crippen LogP contribution in [0.2, 0.25) is 0 Å². The van der Waals surface area contributed by atoms with Gasteiger partial charge < -0.3 is 14.5 Å². The summed E-state index contributed by atoms with van der Waals surface area (Å²) in [7, 11) is 1.69. The minimum atomic E-state index is 0.881. The lowest BCUT2D eigenvalue weighted by Gasteiger charge is -2.34. The van der Waals surface area contributed by atoms with Gasteiger partial charge in [-0.3, -0.25) is 0 Å². The van der Waals surface area contributed by atoms with E-state index in [0.29, 0.717) is 0 Å². The van der Waals surface area contributed by atoms with Crippen LogP contribution in [0.3, 0.4) is 0 Å². The zero-order valence-corrected chi connectivity index (χ0v) is 17.7. The number of piperazine rings is 1. The van der Waals surface area contributed by atoms with Crippen molar-refractivity contribution in [3.63, 3.8) is 0 Å². The minimum absolute atomic E-state index is 0.881. The van der Waals surface area contributed by atoms with Gasteiger partial charge >= 0.3 is 0 Å². The first-order valence-corrected chi connectivity index (χ1v) is 10.8. The van der Waals surface area contributed by atoms with Crippen LogP contribution in [-0.2, 0) is 6.54 Å². The molecule has 0 saturated carbocycles. The SMILES string of the molecule is COc1ccc(-c2nc(C[NH+]3CCN(c4cccc(C)c4C)CC3)cs2)cc1. The average molecular weight is 395 g/mol. The molecule has 1 aliphatic heterocycles. The number of methoxy groups -OCH3 is 1. The Morgan fingerprint density at radius 3 is 2.54 bits per heavy atom. The second-order valence-electron chi connectivity index (χ2n) is 7.51. The van der Waals surface area contributed by atoms with E-state index in [4.69, 9.17) is 9.72 Å². The minimum Gasteiger partial charge on any atom is -0.497 e. The predicted molar refractivity (Wildman–Crippen MR) is 117 cm³/mol. The van der Waals surface area contributed by atoms with Gasteiger partial charge in [0.1, 0.15) is 23.0 Å². The number of aromatic nitrogens is 1. The number of quaternary nitrogens is 1. The van der Waals surface area contributed by atoms with E-state index in [0.717, 1.165) is 49.0 Å². The molecular formula is C23H28N3OS+. The maximum Gasteiger partial charge on any atom is 0.123 e. The first-order valence-electron chi connectivity index (χ1n) is 9.87. The molecule has 0 bridgehead atoms. The highest BCUT2D eigenvalue weighted by atomic mass is 32.1. The van der Waals surface area contributed by atoms with Crippen LogP contribution in [0.25, 0.3) is 10.6 Å². The molecule has 0 radical (unpaired) electrons. The number of rotatable bonds is 5. The first-order chi connectivity index (χ1) is 13.6. The maximum atomic E-state index is 5.24. The fourth-order valence-corrected chi connectivity index (χ4v) is 4.66. The van der Waals surface area contributed by atoms with Crippen LogP contribution in [0, 0.1) is 13.8 Å². The number of hydrogen-bond acceptors (Lipinski definition) is 4. The summed E-state index contributed by atoms with van der Waals surface area (Å²) in [6.07, 6.45) is 0. The lowest BCUT2D eigenvalue weighted by atomic mass is 10.1. The Kier molecular flexibility index (Phi) is 5.64. The molecule has 1 aromatic heterocycles. The van der Waals surface area contributed by atoms with Gasteiger partial charge in [-0.25, -0.2) is 4.98 Å². The number of nitrogens with one attached hydrogen (secondary N) is 1. The summed E-state index contributed by atoms with van der Waals surface area (Å²) in [4.78, 5) is 9.03. The van der Waals surface area contributed by atoms with Crippen LogP contribution in [-0.4, -0.2) is 38.3 Å². The lowest BCUT2D eigenvalue weighted by Crippen LogP contribution is -3.13. The molecule has 2 aromatic carbocycles. The third kappa shape index (κ3) is 4.05. The van der Waals surface area contributed by atoms with Crippen LogP contribution < -0.4 is 14.5 Å². The van der Waals surface area contributed by atoms with E-state index in [1.807, 2.05) is 12.1 Å². The molecule has 28 heavy (non-hydrogen) atoms. The van der Waals surface area contributed by atoms with E-state index in [1.54, 1.807) is 23.3 Å². The lowest BCUT2D eigenvalue weighted by molar-refractivity contribution is -0.914. The highest BCUT2D eigenvalue weighted by molar-refractivity contribution is 7.13. The maximum absolute atomic E-state index is 5.24. The Bertz CT molecular complexity index is 927. The summed E-state index contributed by atoms with van der Waals surface area (Å²) in [5.74, 6) is 0.881. The molecule has 1 aliphatic rings. The third-order valence-corrected chi connectivity index (χ3v) is 6.65. The van der Waals surface area contributed by atoms with Crippen LogP contribution in [0.5, 0.6) is 5.75 Å². The van der Waals surface area contributed by atoms with Crippen molar-refractivity contribution in [3.05, 3.63) is 64.7 Å². The molecule has 3 aromatic rings. The molecule has 5 heteroatoms. The average Bonchev–Trinajstić information content (AvgIpc) is 3.19. The van der Waals surface area contributed by atoms with Crippen molar-refractivity contribution in [1.29, 1.82) is 0 Å². The standard InChI is InChI=1S/C23H27N3OS/c1-17-5-4-6-22(18(17)2)26-13-11-25(12-14-26)15-20-16-28-23(24-20)19-7-9-21(27-3)10-8-19/h4-10,16H,11-15H2,1-3H3/p+1. The highest BCUT2D eigenvalue weighted by Gasteiger charge is 2.22. The van der Waals surface area contributed by atoms with E-state index in [2.05, 4.69) is 54.5 Å². The quantitative estimate of drug-likeness (QED) is 0.720. The first kappa shape index (κ1) is 19.0.